The van der Waals surface area contributed by atoms with Gasteiger partial charge in [0.25, 0.3) is 0 Å². The van der Waals surface area contributed by atoms with Crippen LogP contribution in [0.4, 0.5) is 13.2 Å². The Kier molecular flexibility index (Phi) is 4.07. The van der Waals surface area contributed by atoms with Gasteiger partial charge in [-0.2, -0.15) is 11.8 Å². The van der Waals surface area contributed by atoms with Gasteiger partial charge in [-0.15, -0.1) is 13.2 Å². The zero-order valence-electron chi connectivity index (χ0n) is 9.48. The first-order valence-corrected chi connectivity index (χ1v) is 6.70. The average molecular weight is 278 g/mol. The van der Waals surface area contributed by atoms with E-state index in [1.165, 1.54) is 12.1 Å². The van der Waals surface area contributed by atoms with E-state index in [1.807, 2.05) is 0 Å². The van der Waals surface area contributed by atoms with E-state index in [9.17, 15) is 18.3 Å². The summed E-state index contributed by atoms with van der Waals surface area (Å²) in [6.45, 7) is 0. The second kappa shape index (κ2) is 5.40. The lowest BCUT2D eigenvalue weighted by Gasteiger charge is -2.14. The summed E-state index contributed by atoms with van der Waals surface area (Å²) in [5.74, 6) is 1.60. The summed E-state index contributed by atoms with van der Waals surface area (Å²) in [7, 11) is 0. The largest absolute Gasteiger partial charge is 0.573 e. The van der Waals surface area contributed by atoms with Crippen molar-refractivity contribution in [2.75, 3.05) is 11.5 Å². The van der Waals surface area contributed by atoms with Crippen molar-refractivity contribution in [3.63, 3.8) is 0 Å². The molecule has 1 heterocycles. The molecule has 100 valence electrons. The third kappa shape index (κ3) is 3.81. The second-order valence-corrected chi connectivity index (χ2v) is 5.34. The number of halogens is 3. The molecule has 0 amide bonds. The molecule has 0 aromatic heterocycles. The monoisotopic (exact) mass is 278 g/mol. The molecule has 1 N–H and O–H groups in total. The molecule has 6 heteroatoms. The van der Waals surface area contributed by atoms with Gasteiger partial charge in [-0.1, -0.05) is 12.1 Å². The highest BCUT2D eigenvalue weighted by atomic mass is 32.2. The van der Waals surface area contributed by atoms with Crippen LogP contribution in [-0.4, -0.2) is 29.1 Å². The van der Waals surface area contributed by atoms with Crippen LogP contribution in [0.5, 0.6) is 5.75 Å². The molecule has 2 atom stereocenters. The molecule has 1 fully saturated rings. The standard InChI is InChI=1S/C12H13F3O2S/c13-12(14,15)17-10-3-1-8(2-4-10)5-9-6-18-7-11(9)16/h1-4,9,11,16H,5-7H2. The van der Waals surface area contributed by atoms with Gasteiger partial charge in [0, 0.05) is 5.75 Å². The minimum Gasteiger partial charge on any atom is -0.406 e. The number of rotatable bonds is 3. The summed E-state index contributed by atoms with van der Waals surface area (Å²) in [6, 6.07) is 5.82. The fraction of sp³-hybridized carbons (Fsp3) is 0.500. The first-order valence-electron chi connectivity index (χ1n) is 5.54. The van der Waals surface area contributed by atoms with Crippen molar-refractivity contribution in [2.45, 2.75) is 18.9 Å². The third-order valence-electron chi connectivity index (χ3n) is 2.82. The fourth-order valence-corrected chi connectivity index (χ4v) is 3.20. The number of benzene rings is 1. The predicted molar refractivity (Wildman–Crippen MR) is 63.7 cm³/mol. The molecular formula is C12H13F3O2S. The zero-order valence-corrected chi connectivity index (χ0v) is 10.3. The minimum absolute atomic E-state index is 0.185. The van der Waals surface area contributed by atoms with Crippen molar-refractivity contribution in [3.8, 4) is 5.75 Å². The molecule has 0 radical (unpaired) electrons. The van der Waals surface area contributed by atoms with Gasteiger partial charge in [0.1, 0.15) is 5.75 Å². The Bertz CT molecular complexity index is 391. The maximum Gasteiger partial charge on any atom is 0.573 e. The highest BCUT2D eigenvalue weighted by Gasteiger charge is 2.31. The molecule has 0 aliphatic carbocycles. The number of ether oxygens (including phenoxy) is 1. The average Bonchev–Trinajstić information content (AvgIpc) is 2.65. The van der Waals surface area contributed by atoms with E-state index in [1.54, 1.807) is 23.9 Å². The fourth-order valence-electron chi connectivity index (χ4n) is 1.91. The zero-order chi connectivity index (χ0) is 13.2. The van der Waals surface area contributed by atoms with Crippen LogP contribution >= 0.6 is 11.8 Å². The molecule has 2 unspecified atom stereocenters. The Labute approximate surface area is 107 Å². The Balaban J connectivity index is 1.95. The molecule has 18 heavy (non-hydrogen) atoms. The van der Waals surface area contributed by atoms with E-state index < -0.39 is 6.36 Å². The summed E-state index contributed by atoms with van der Waals surface area (Å²) < 4.78 is 39.7. The topological polar surface area (TPSA) is 29.5 Å². The number of aliphatic hydroxyl groups excluding tert-OH is 1. The smallest absolute Gasteiger partial charge is 0.406 e. The SMILES string of the molecule is OC1CSCC1Cc1ccc(OC(F)(F)F)cc1. The maximum absolute atomic E-state index is 12.0. The van der Waals surface area contributed by atoms with Gasteiger partial charge >= 0.3 is 6.36 Å². The summed E-state index contributed by atoms with van der Waals surface area (Å²) in [5, 5.41) is 9.66. The van der Waals surface area contributed by atoms with Crippen LogP contribution in [0.15, 0.2) is 24.3 Å². The van der Waals surface area contributed by atoms with E-state index >= 15 is 0 Å². The highest BCUT2D eigenvalue weighted by Crippen LogP contribution is 2.28. The molecule has 2 rings (SSSR count). The van der Waals surface area contributed by atoms with Gasteiger partial charge < -0.3 is 9.84 Å². The van der Waals surface area contributed by atoms with Crippen LogP contribution in [-0.2, 0) is 6.42 Å². The van der Waals surface area contributed by atoms with E-state index in [-0.39, 0.29) is 17.8 Å². The van der Waals surface area contributed by atoms with E-state index in [4.69, 9.17) is 0 Å². The van der Waals surface area contributed by atoms with Gasteiger partial charge in [-0.3, -0.25) is 0 Å². The molecule has 0 spiro atoms. The van der Waals surface area contributed by atoms with E-state index in [0.29, 0.717) is 6.42 Å². The molecule has 2 nitrogen and oxygen atoms in total. The van der Waals surface area contributed by atoms with Crippen LogP contribution in [0.1, 0.15) is 5.56 Å². The van der Waals surface area contributed by atoms with Crippen molar-refractivity contribution >= 4 is 11.8 Å². The second-order valence-electron chi connectivity index (χ2n) is 4.26. The van der Waals surface area contributed by atoms with Crippen molar-refractivity contribution in [1.29, 1.82) is 0 Å². The Hall–Kier alpha value is -0.880. The summed E-state index contributed by atoms with van der Waals surface area (Å²) >= 11 is 1.70. The summed E-state index contributed by atoms with van der Waals surface area (Å²) in [6.07, 6.45) is -4.29. The number of aliphatic hydroxyl groups is 1. The number of hydrogen-bond donors (Lipinski definition) is 1. The Morgan fingerprint density at radius 1 is 1.22 bits per heavy atom. The number of thioether (sulfide) groups is 1. The van der Waals surface area contributed by atoms with Gasteiger partial charge in [0.05, 0.1) is 6.10 Å². The molecular weight excluding hydrogens is 265 g/mol. The molecule has 1 aliphatic rings. The first kappa shape index (κ1) is 13.5. The van der Waals surface area contributed by atoms with Gasteiger partial charge in [0.2, 0.25) is 0 Å². The first-order chi connectivity index (χ1) is 8.44. The molecule has 1 aromatic carbocycles. The molecule has 0 saturated carbocycles. The molecule has 1 aliphatic heterocycles. The maximum atomic E-state index is 12.0. The van der Waals surface area contributed by atoms with Gasteiger partial charge in [-0.05, 0) is 35.8 Å². The lowest BCUT2D eigenvalue weighted by molar-refractivity contribution is -0.274. The van der Waals surface area contributed by atoms with Crippen LogP contribution in [0.25, 0.3) is 0 Å². The van der Waals surface area contributed by atoms with Crippen LogP contribution in [0, 0.1) is 5.92 Å². The van der Waals surface area contributed by atoms with Gasteiger partial charge in [0.15, 0.2) is 0 Å². The normalized spacial score (nSPS) is 24.2. The van der Waals surface area contributed by atoms with E-state index in [2.05, 4.69) is 4.74 Å². The molecule has 1 aromatic rings. The van der Waals surface area contributed by atoms with Crippen LogP contribution in [0.3, 0.4) is 0 Å². The van der Waals surface area contributed by atoms with Gasteiger partial charge in [-0.25, -0.2) is 0 Å². The van der Waals surface area contributed by atoms with E-state index in [0.717, 1.165) is 17.1 Å². The van der Waals surface area contributed by atoms with Crippen molar-refractivity contribution in [1.82, 2.24) is 0 Å². The number of hydrogen-bond acceptors (Lipinski definition) is 3. The summed E-state index contributed by atoms with van der Waals surface area (Å²) in [4.78, 5) is 0. The Morgan fingerprint density at radius 3 is 2.39 bits per heavy atom. The molecule has 0 bridgehead atoms. The third-order valence-corrected chi connectivity index (χ3v) is 4.06. The minimum atomic E-state index is -4.65. The van der Waals surface area contributed by atoms with Crippen molar-refractivity contribution < 1.29 is 23.0 Å². The summed E-state index contributed by atoms with van der Waals surface area (Å²) in [5.41, 5.74) is 0.913. The quantitative estimate of drug-likeness (QED) is 0.922. The highest BCUT2D eigenvalue weighted by molar-refractivity contribution is 7.99. The Morgan fingerprint density at radius 2 is 1.89 bits per heavy atom. The lowest BCUT2D eigenvalue weighted by atomic mass is 9.97. The number of alkyl halides is 3. The van der Waals surface area contributed by atoms with Crippen molar-refractivity contribution in [3.05, 3.63) is 29.8 Å². The molecule has 1 saturated heterocycles. The van der Waals surface area contributed by atoms with Crippen LogP contribution < -0.4 is 4.74 Å². The predicted octanol–water partition coefficient (Wildman–Crippen LogP) is 2.85. The van der Waals surface area contributed by atoms with Crippen molar-refractivity contribution in [2.24, 2.45) is 5.92 Å². The van der Waals surface area contributed by atoms with Crippen LogP contribution in [0.2, 0.25) is 0 Å². The lowest BCUT2D eigenvalue weighted by Crippen LogP contribution is -2.20.